The van der Waals surface area contributed by atoms with E-state index in [1.54, 1.807) is 7.05 Å². The predicted molar refractivity (Wildman–Crippen MR) is 70.4 cm³/mol. The van der Waals surface area contributed by atoms with Crippen molar-refractivity contribution in [3.63, 3.8) is 0 Å². The Balaban J connectivity index is 2.06. The Kier molecular flexibility index (Phi) is 4.17. The fraction of sp³-hybridized carbons (Fsp3) is 0.182. The Bertz CT molecular complexity index is 492. The van der Waals surface area contributed by atoms with Crippen LogP contribution in [0.2, 0.25) is 5.28 Å². The third-order valence-electron chi connectivity index (χ3n) is 2.02. The number of thioether (sulfide) groups is 1. The minimum atomic E-state index is 0.208. The van der Waals surface area contributed by atoms with E-state index < -0.39 is 0 Å². The third kappa shape index (κ3) is 3.57. The highest BCUT2D eigenvalue weighted by Gasteiger charge is 2.04. The van der Waals surface area contributed by atoms with Gasteiger partial charge in [-0.15, -0.1) is 0 Å². The first-order valence-corrected chi connectivity index (χ1v) is 6.40. The molecule has 0 unspecified atom stereocenters. The normalized spacial score (nSPS) is 10.2. The van der Waals surface area contributed by atoms with Crippen molar-refractivity contribution in [2.75, 3.05) is 12.4 Å². The van der Waals surface area contributed by atoms with Gasteiger partial charge in [0.15, 0.2) is 5.16 Å². The number of benzene rings is 1. The summed E-state index contributed by atoms with van der Waals surface area (Å²) >= 11 is 7.33. The second-order valence-electron chi connectivity index (χ2n) is 3.23. The van der Waals surface area contributed by atoms with Crippen molar-refractivity contribution in [1.29, 1.82) is 0 Å². The van der Waals surface area contributed by atoms with Gasteiger partial charge in [-0.05, 0) is 17.2 Å². The van der Waals surface area contributed by atoms with E-state index in [4.69, 9.17) is 11.6 Å². The first-order valence-electron chi connectivity index (χ1n) is 5.04. The molecule has 0 fully saturated rings. The van der Waals surface area contributed by atoms with Gasteiger partial charge in [0.1, 0.15) is 0 Å². The molecule has 2 aromatic rings. The van der Waals surface area contributed by atoms with Crippen LogP contribution in [0.15, 0.2) is 35.5 Å². The molecule has 0 spiro atoms. The molecule has 17 heavy (non-hydrogen) atoms. The van der Waals surface area contributed by atoms with Gasteiger partial charge in [-0.25, -0.2) is 0 Å². The zero-order valence-electron chi connectivity index (χ0n) is 9.22. The SMILES string of the molecule is CNc1nc(Cl)nc(SCc2ccccc2)n1. The maximum absolute atomic E-state index is 5.79. The maximum atomic E-state index is 5.79. The zero-order valence-corrected chi connectivity index (χ0v) is 10.8. The van der Waals surface area contributed by atoms with Gasteiger partial charge in [-0.2, -0.15) is 15.0 Å². The fourth-order valence-corrected chi connectivity index (χ4v) is 2.23. The van der Waals surface area contributed by atoms with Gasteiger partial charge in [-0.3, -0.25) is 0 Å². The lowest BCUT2D eigenvalue weighted by Crippen LogP contribution is -2.00. The summed E-state index contributed by atoms with van der Waals surface area (Å²) in [5, 5.41) is 3.68. The second-order valence-corrected chi connectivity index (χ2v) is 4.52. The number of halogens is 1. The van der Waals surface area contributed by atoms with E-state index in [2.05, 4.69) is 32.4 Å². The van der Waals surface area contributed by atoms with E-state index in [1.807, 2.05) is 18.2 Å². The molecule has 0 atom stereocenters. The lowest BCUT2D eigenvalue weighted by molar-refractivity contribution is 0.908. The molecule has 1 aromatic carbocycles. The third-order valence-corrected chi connectivity index (χ3v) is 3.11. The van der Waals surface area contributed by atoms with Crippen LogP contribution >= 0.6 is 23.4 Å². The molecule has 1 N–H and O–H groups in total. The van der Waals surface area contributed by atoms with Gasteiger partial charge in [0.25, 0.3) is 0 Å². The number of hydrogen-bond donors (Lipinski definition) is 1. The largest absolute Gasteiger partial charge is 0.357 e. The van der Waals surface area contributed by atoms with E-state index in [9.17, 15) is 0 Å². The summed E-state index contributed by atoms with van der Waals surface area (Å²) < 4.78 is 0. The van der Waals surface area contributed by atoms with Crippen molar-refractivity contribution in [3.05, 3.63) is 41.2 Å². The Labute approximate surface area is 109 Å². The number of nitrogens with one attached hydrogen (secondary N) is 1. The molecular weight excluding hydrogens is 256 g/mol. The fourth-order valence-electron chi connectivity index (χ4n) is 1.23. The van der Waals surface area contributed by atoms with Crippen LogP contribution in [0.3, 0.4) is 0 Å². The Morgan fingerprint density at radius 1 is 1.18 bits per heavy atom. The number of anilines is 1. The summed E-state index contributed by atoms with van der Waals surface area (Å²) in [6, 6.07) is 10.1. The highest BCUT2D eigenvalue weighted by Crippen LogP contribution is 2.20. The minimum absolute atomic E-state index is 0.208. The molecule has 0 saturated carbocycles. The maximum Gasteiger partial charge on any atom is 0.228 e. The molecule has 0 saturated heterocycles. The van der Waals surface area contributed by atoms with Crippen LogP contribution in [0, 0.1) is 0 Å². The van der Waals surface area contributed by atoms with Crippen LogP contribution < -0.4 is 5.32 Å². The molecule has 0 bridgehead atoms. The average Bonchev–Trinajstić information content (AvgIpc) is 2.37. The van der Waals surface area contributed by atoms with Gasteiger partial charge in [0, 0.05) is 12.8 Å². The molecule has 6 heteroatoms. The van der Waals surface area contributed by atoms with E-state index in [0.717, 1.165) is 5.75 Å². The Hall–Kier alpha value is -1.33. The molecule has 0 aliphatic rings. The first kappa shape index (κ1) is 12.1. The van der Waals surface area contributed by atoms with Crippen LogP contribution in [0.1, 0.15) is 5.56 Å². The van der Waals surface area contributed by atoms with Crippen molar-refractivity contribution in [2.24, 2.45) is 0 Å². The van der Waals surface area contributed by atoms with Gasteiger partial charge < -0.3 is 5.32 Å². The number of rotatable bonds is 4. The van der Waals surface area contributed by atoms with Crippen molar-refractivity contribution in [3.8, 4) is 0 Å². The lowest BCUT2D eigenvalue weighted by Gasteiger charge is -2.03. The summed E-state index contributed by atoms with van der Waals surface area (Å²) in [5.41, 5.74) is 1.22. The quantitative estimate of drug-likeness (QED) is 0.863. The monoisotopic (exact) mass is 266 g/mol. The average molecular weight is 267 g/mol. The van der Waals surface area contributed by atoms with Crippen LogP contribution in [0.25, 0.3) is 0 Å². The summed E-state index contributed by atoms with van der Waals surface area (Å²) in [7, 11) is 1.75. The van der Waals surface area contributed by atoms with Crippen molar-refractivity contribution >= 4 is 29.3 Å². The molecule has 2 rings (SSSR count). The van der Waals surface area contributed by atoms with Crippen LogP contribution in [-0.2, 0) is 5.75 Å². The number of hydrogen-bond acceptors (Lipinski definition) is 5. The number of nitrogens with zero attached hydrogens (tertiary/aromatic N) is 3. The summed E-state index contributed by atoms with van der Waals surface area (Å²) in [6.45, 7) is 0. The highest BCUT2D eigenvalue weighted by molar-refractivity contribution is 7.98. The van der Waals surface area contributed by atoms with E-state index in [0.29, 0.717) is 11.1 Å². The van der Waals surface area contributed by atoms with Gasteiger partial charge in [-0.1, -0.05) is 42.1 Å². The standard InChI is InChI=1S/C11H11ClN4S/c1-13-10-14-9(12)15-11(16-10)17-7-8-5-3-2-4-6-8/h2-6H,7H2,1H3,(H,13,14,15,16). The number of aromatic nitrogens is 3. The Morgan fingerprint density at radius 3 is 2.65 bits per heavy atom. The molecule has 88 valence electrons. The summed E-state index contributed by atoms with van der Waals surface area (Å²) in [4.78, 5) is 12.2. The van der Waals surface area contributed by atoms with E-state index in [1.165, 1.54) is 17.3 Å². The van der Waals surface area contributed by atoms with Gasteiger partial charge >= 0.3 is 0 Å². The summed E-state index contributed by atoms with van der Waals surface area (Å²) in [6.07, 6.45) is 0. The molecule has 1 aromatic heterocycles. The molecule has 0 aliphatic carbocycles. The predicted octanol–water partition coefficient (Wildman–Crippen LogP) is 2.86. The van der Waals surface area contributed by atoms with Crippen LogP contribution in [0.5, 0.6) is 0 Å². The van der Waals surface area contributed by atoms with Crippen molar-refractivity contribution in [1.82, 2.24) is 15.0 Å². The van der Waals surface area contributed by atoms with E-state index >= 15 is 0 Å². The topological polar surface area (TPSA) is 50.7 Å². The lowest BCUT2D eigenvalue weighted by atomic mass is 10.2. The van der Waals surface area contributed by atoms with Crippen LogP contribution in [0.4, 0.5) is 5.95 Å². The molecule has 0 radical (unpaired) electrons. The summed E-state index contributed by atoms with van der Waals surface area (Å²) in [5.74, 6) is 1.30. The molecule has 0 amide bonds. The minimum Gasteiger partial charge on any atom is -0.357 e. The van der Waals surface area contributed by atoms with Crippen molar-refractivity contribution < 1.29 is 0 Å². The highest BCUT2D eigenvalue weighted by atomic mass is 35.5. The molecular formula is C11H11ClN4S. The Morgan fingerprint density at radius 2 is 1.94 bits per heavy atom. The van der Waals surface area contributed by atoms with Crippen LogP contribution in [-0.4, -0.2) is 22.0 Å². The zero-order chi connectivity index (χ0) is 12.1. The van der Waals surface area contributed by atoms with Crippen molar-refractivity contribution in [2.45, 2.75) is 10.9 Å². The van der Waals surface area contributed by atoms with Gasteiger partial charge in [0.2, 0.25) is 11.2 Å². The van der Waals surface area contributed by atoms with Gasteiger partial charge in [0.05, 0.1) is 0 Å². The molecule has 4 nitrogen and oxygen atoms in total. The molecule has 0 aliphatic heterocycles. The van der Waals surface area contributed by atoms with E-state index in [-0.39, 0.29) is 5.28 Å². The first-order chi connectivity index (χ1) is 8.28. The second kappa shape index (κ2) is 5.84. The smallest absolute Gasteiger partial charge is 0.228 e. The molecule has 1 heterocycles.